The zero-order valence-electron chi connectivity index (χ0n) is 6.85. The SMILES string of the molecule is OCCS.OCCSSCCO. The molecule has 76 valence electrons. The molecule has 3 nitrogen and oxygen atoms in total. The fourth-order valence-electron chi connectivity index (χ4n) is 0.192. The Kier molecular flexibility index (Phi) is 22.9. The van der Waals surface area contributed by atoms with Crippen LogP contribution >= 0.6 is 34.2 Å². The first-order valence-electron chi connectivity index (χ1n) is 3.51. The van der Waals surface area contributed by atoms with Crippen LogP contribution in [0.15, 0.2) is 0 Å². The molecule has 0 aromatic heterocycles. The van der Waals surface area contributed by atoms with E-state index >= 15 is 0 Å². The lowest BCUT2D eigenvalue weighted by molar-refractivity contribution is 0.322. The molecule has 0 aromatic rings. The zero-order valence-corrected chi connectivity index (χ0v) is 9.38. The van der Waals surface area contributed by atoms with Gasteiger partial charge >= 0.3 is 0 Å². The summed E-state index contributed by atoms with van der Waals surface area (Å²) < 4.78 is 0. The van der Waals surface area contributed by atoms with Gasteiger partial charge in [0, 0.05) is 17.3 Å². The molecular formula is C6H16O3S3. The number of hydrogen-bond acceptors (Lipinski definition) is 6. The minimum absolute atomic E-state index is 0.184. The Morgan fingerprint density at radius 3 is 1.33 bits per heavy atom. The number of hydrogen-bond donors (Lipinski definition) is 4. The summed E-state index contributed by atoms with van der Waals surface area (Å²) in [5, 5.41) is 24.3. The molecule has 0 aliphatic carbocycles. The van der Waals surface area contributed by atoms with Gasteiger partial charge in [0.2, 0.25) is 0 Å². The Bertz CT molecular complexity index is 58.0. The first-order chi connectivity index (χ1) is 5.83. The Morgan fingerprint density at radius 2 is 1.17 bits per heavy atom. The molecule has 3 N–H and O–H groups in total. The number of aliphatic hydroxyl groups is 3. The monoisotopic (exact) mass is 232 g/mol. The fourth-order valence-corrected chi connectivity index (χ4v) is 1.73. The molecular weight excluding hydrogens is 216 g/mol. The van der Waals surface area contributed by atoms with E-state index in [0.717, 1.165) is 11.5 Å². The average molecular weight is 232 g/mol. The fraction of sp³-hybridized carbons (Fsp3) is 1.00. The molecule has 0 heterocycles. The molecule has 6 heteroatoms. The molecule has 0 aliphatic rings. The van der Waals surface area contributed by atoms with E-state index in [0.29, 0.717) is 5.75 Å². The molecule has 0 aromatic carbocycles. The van der Waals surface area contributed by atoms with Crippen LogP contribution in [-0.4, -0.2) is 52.4 Å². The maximum atomic E-state index is 8.27. The Hall–Kier alpha value is 0.930. The van der Waals surface area contributed by atoms with Gasteiger partial charge in [-0.3, -0.25) is 0 Å². The predicted octanol–water partition coefficient (Wildman–Crippen LogP) is 0.261. The molecule has 0 unspecified atom stereocenters. The van der Waals surface area contributed by atoms with Crippen molar-refractivity contribution in [3.05, 3.63) is 0 Å². The molecule has 12 heavy (non-hydrogen) atoms. The van der Waals surface area contributed by atoms with Crippen LogP contribution in [0.2, 0.25) is 0 Å². The maximum Gasteiger partial charge on any atom is 0.0530 e. The molecule has 0 saturated heterocycles. The molecule has 0 rings (SSSR count). The summed E-state index contributed by atoms with van der Waals surface area (Å²) in [6.07, 6.45) is 0. The quantitative estimate of drug-likeness (QED) is 0.301. The standard InChI is InChI=1S/C4H10O2S2.C2H6OS/c5-1-3-7-8-4-2-6;3-1-2-4/h5-6H,1-4H2;3-4H,1-2H2. The van der Waals surface area contributed by atoms with E-state index in [1.54, 1.807) is 21.6 Å². The van der Waals surface area contributed by atoms with Crippen LogP contribution in [0, 0.1) is 0 Å². The predicted molar refractivity (Wildman–Crippen MR) is 60.0 cm³/mol. The van der Waals surface area contributed by atoms with E-state index in [4.69, 9.17) is 15.3 Å². The molecule has 0 aliphatic heterocycles. The van der Waals surface area contributed by atoms with E-state index in [1.807, 2.05) is 0 Å². The largest absolute Gasteiger partial charge is 0.396 e. The number of aliphatic hydroxyl groups excluding tert-OH is 3. The Labute approximate surface area is 86.8 Å². The third kappa shape index (κ3) is 22.4. The second-order valence-electron chi connectivity index (χ2n) is 1.54. The second kappa shape index (κ2) is 17.9. The molecule has 0 amide bonds. The maximum absolute atomic E-state index is 8.27. The summed E-state index contributed by atoms with van der Waals surface area (Å²) in [5.41, 5.74) is 0. The van der Waals surface area contributed by atoms with Gasteiger partial charge < -0.3 is 15.3 Å². The Balaban J connectivity index is 0. The summed E-state index contributed by atoms with van der Waals surface area (Å²) >= 11 is 3.67. The summed E-state index contributed by atoms with van der Waals surface area (Å²) in [6, 6.07) is 0. The lowest BCUT2D eigenvalue weighted by Gasteiger charge is -1.93. The summed E-state index contributed by atoms with van der Waals surface area (Å²) in [7, 11) is 3.17. The van der Waals surface area contributed by atoms with Crippen LogP contribution in [0.3, 0.4) is 0 Å². The van der Waals surface area contributed by atoms with Gasteiger partial charge in [-0.1, -0.05) is 21.6 Å². The molecule has 0 saturated carbocycles. The summed E-state index contributed by atoms with van der Waals surface area (Å²) in [5.74, 6) is 2.08. The zero-order chi connectivity index (χ0) is 9.66. The molecule has 0 fully saturated rings. The van der Waals surface area contributed by atoms with Gasteiger partial charge in [0.05, 0.1) is 19.8 Å². The first kappa shape index (κ1) is 15.4. The average Bonchev–Trinajstić information content (AvgIpc) is 2.13. The number of rotatable bonds is 6. The van der Waals surface area contributed by atoms with Crippen molar-refractivity contribution in [2.45, 2.75) is 0 Å². The third-order valence-corrected chi connectivity index (χ3v) is 3.10. The van der Waals surface area contributed by atoms with Crippen molar-refractivity contribution < 1.29 is 15.3 Å². The van der Waals surface area contributed by atoms with Gasteiger partial charge in [0.15, 0.2) is 0 Å². The molecule has 0 spiro atoms. The van der Waals surface area contributed by atoms with E-state index in [9.17, 15) is 0 Å². The van der Waals surface area contributed by atoms with Gasteiger partial charge in [-0.25, -0.2) is 0 Å². The van der Waals surface area contributed by atoms with Gasteiger partial charge in [-0.2, -0.15) is 12.6 Å². The first-order valence-corrected chi connectivity index (χ1v) is 6.63. The minimum atomic E-state index is 0.184. The van der Waals surface area contributed by atoms with Crippen molar-refractivity contribution in [2.24, 2.45) is 0 Å². The van der Waals surface area contributed by atoms with Crippen LogP contribution < -0.4 is 0 Å². The molecule has 0 radical (unpaired) electrons. The van der Waals surface area contributed by atoms with E-state index < -0.39 is 0 Å². The van der Waals surface area contributed by atoms with Crippen molar-refractivity contribution in [3.8, 4) is 0 Å². The van der Waals surface area contributed by atoms with E-state index in [1.165, 1.54) is 0 Å². The van der Waals surface area contributed by atoms with Crippen LogP contribution in [0.1, 0.15) is 0 Å². The van der Waals surface area contributed by atoms with Gasteiger partial charge in [-0.15, -0.1) is 0 Å². The molecule has 0 bridgehead atoms. The summed E-state index contributed by atoms with van der Waals surface area (Å²) in [4.78, 5) is 0. The van der Waals surface area contributed by atoms with Crippen molar-refractivity contribution in [3.63, 3.8) is 0 Å². The van der Waals surface area contributed by atoms with Crippen molar-refractivity contribution in [1.82, 2.24) is 0 Å². The van der Waals surface area contributed by atoms with Crippen LogP contribution in [-0.2, 0) is 0 Å². The molecule has 0 atom stereocenters. The van der Waals surface area contributed by atoms with Gasteiger partial charge in [0.1, 0.15) is 0 Å². The van der Waals surface area contributed by atoms with E-state index in [2.05, 4.69) is 12.6 Å². The van der Waals surface area contributed by atoms with Crippen LogP contribution in [0.5, 0.6) is 0 Å². The van der Waals surface area contributed by atoms with Crippen molar-refractivity contribution >= 4 is 34.2 Å². The normalized spacial score (nSPS) is 9.00. The highest BCUT2D eigenvalue weighted by Gasteiger charge is 1.85. The lowest BCUT2D eigenvalue weighted by Crippen LogP contribution is -1.85. The number of thiol groups is 1. The summed E-state index contributed by atoms with van der Waals surface area (Å²) in [6.45, 7) is 0.634. The van der Waals surface area contributed by atoms with E-state index in [-0.39, 0.29) is 19.8 Å². The van der Waals surface area contributed by atoms with Gasteiger partial charge in [0.25, 0.3) is 0 Å². The second-order valence-corrected chi connectivity index (χ2v) is 4.69. The van der Waals surface area contributed by atoms with Gasteiger partial charge in [-0.05, 0) is 0 Å². The lowest BCUT2D eigenvalue weighted by atomic mass is 10.9. The highest BCUT2D eigenvalue weighted by atomic mass is 33.1. The van der Waals surface area contributed by atoms with Crippen LogP contribution in [0.25, 0.3) is 0 Å². The third-order valence-electron chi connectivity index (χ3n) is 0.533. The minimum Gasteiger partial charge on any atom is -0.396 e. The van der Waals surface area contributed by atoms with Crippen molar-refractivity contribution in [1.29, 1.82) is 0 Å². The highest BCUT2D eigenvalue weighted by molar-refractivity contribution is 8.76. The van der Waals surface area contributed by atoms with Crippen LogP contribution in [0.4, 0.5) is 0 Å². The topological polar surface area (TPSA) is 60.7 Å². The Morgan fingerprint density at radius 1 is 0.833 bits per heavy atom. The van der Waals surface area contributed by atoms with Crippen molar-refractivity contribution in [2.75, 3.05) is 37.1 Å². The smallest absolute Gasteiger partial charge is 0.0530 e. The highest BCUT2D eigenvalue weighted by Crippen LogP contribution is 2.18.